The average Bonchev–Trinajstić information content (AvgIpc) is 3.14. The maximum absolute atomic E-state index is 12.6. The number of halogens is 4. The number of carbonyl (C=O) groups excluding carboxylic acids is 1. The lowest BCUT2D eigenvalue weighted by Crippen LogP contribution is -2.11. The van der Waals surface area contributed by atoms with E-state index >= 15 is 0 Å². The molecule has 13 heteroatoms. The number of carboxylic acid groups (broad SMARTS) is 1. The second kappa shape index (κ2) is 9.40. The van der Waals surface area contributed by atoms with Gasteiger partial charge in [-0.15, -0.1) is 0 Å². The van der Waals surface area contributed by atoms with Crippen LogP contribution in [0.3, 0.4) is 0 Å². The van der Waals surface area contributed by atoms with Crippen molar-refractivity contribution < 1.29 is 36.3 Å². The lowest BCUT2D eigenvalue weighted by molar-refractivity contribution is -0.141. The Morgan fingerprint density at radius 3 is 2.22 bits per heavy atom. The first-order valence-corrected chi connectivity index (χ1v) is 10.7. The van der Waals surface area contributed by atoms with Crippen LogP contribution in [0.1, 0.15) is 26.5 Å². The van der Waals surface area contributed by atoms with E-state index in [1.54, 1.807) is 6.07 Å². The topological polar surface area (TPSA) is 132 Å². The highest BCUT2D eigenvalue weighted by Gasteiger charge is 2.36. The zero-order chi connectivity index (χ0) is 24.3. The van der Waals surface area contributed by atoms with E-state index in [1.807, 2.05) is 0 Å². The van der Waals surface area contributed by atoms with E-state index in [4.69, 9.17) is 22.4 Å². The number of alkyl halides is 3. The third-order valence-electron chi connectivity index (χ3n) is 3.85. The summed E-state index contributed by atoms with van der Waals surface area (Å²) in [6.07, 6.45) is -3.65. The third kappa shape index (κ3) is 6.08. The Morgan fingerprint density at radius 2 is 1.72 bits per heavy atom. The van der Waals surface area contributed by atoms with E-state index in [1.165, 1.54) is 42.5 Å². The number of sulfone groups is 1. The quantitative estimate of drug-likeness (QED) is 0.577. The molecule has 0 spiro atoms. The van der Waals surface area contributed by atoms with Crippen molar-refractivity contribution in [3.63, 3.8) is 0 Å². The van der Waals surface area contributed by atoms with Crippen molar-refractivity contribution in [3.05, 3.63) is 76.6 Å². The van der Waals surface area contributed by atoms with Crippen molar-refractivity contribution in [2.45, 2.75) is 11.1 Å². The molecule has 0 saturated heterocycles. The monoisotopic (exact) mass is 489 g/mol. The molecule has 2 aromatic carbocycles. The Morgan fingerprint density at radius 1 is 1.09 bits per heavy atom. The van der Waals surface area contributed by atoms with Crippen LogP contribution < -0.4 is 5.73 Å². The molecule has 1 heterocycles. The normalized spacial score (nSPS) is 11.4. The van der Waals surface area contributed by atoms with Gasteiger partial charge >= 0.3 is 12.1 Å². The average molecular weight is 490 g/mol. The number of nitrogens with zero attached hydrogens (tertiary/aromatic N) is 2. The van der Waals surface area contributed by atoms with Crippen LogP contribution in [0.15, 0.2) is 59.5 Å². The zero-order valence-corrected chi connectivity index (χ0v) is 17.7. The number of aromatic nitrogens is 2. The van der Waals surface area contributed by atoms with Gasteiger partial charge in [-0.25, -0.2) is 17.9 Å². The van der Waals surface area contributed by atoms with Gasteiger partial charge < -0.3 is 10.8 Å². The molecule has 0 atom stereocenters. The van der Waals surface area contributed by atoms with E-state index in [0.717, 1.165) is 6.26 Å². The maximum atomic E-state index is 12.6. The van der Waals surface area contributed by atoms with Gasteiger partial charge in [0.15, 0.2) is 21.2 Å². The smallest absolute Gasteiger partial charge is 0.435 e. The fourth-order valence-electron chi connectivity index (χ4n) is 2.36. The molecule has 3 rings (SSSR count). The minimum Gasteiger partial charge on any atom is -0.477 e. The van der Waals surface area contributed by atoms with Crippen molar-refractivity contribution in [3.8, 4) is 5.69 Å². The first kappa shape index (κ1) is 24.9. The van der Waals surface area contributed by atoms with Crippen LogP contribution in [-0.4, -0.2) is 41.4 Å². The predicted molar refractivity (Wildman–Crippen MR) is 109 cm³/mol. The number of benzene rings is 2. The molecule has 0 aliphatic heterocycles. The molecule has 3 N–H and O–H groups in total. The molecule has 0 aliphatic carbocycles. The minimum absolute atomic E-state index is 0.0667. The number of carbonyl (C=O) groups is 2. The van der Waals surface area contributed by atoms with Gasteiger partial charge in [-0.05, 0) is 30.3 Å². The number of para-hydroxylation sites is 1. The van der Waals surface area contributed by atoms with Gasteiger partial charge in [0.05, 0.1) is 15.6 Å². The predicted octanol–water partition coefficient (Wildman–Crippen LogP) is 3.43. The minimum atomic E-state index is -4.73. The van der Waals surface area contributed by atoms with E-state index in [2.05, 4.69) is 5.10 Å². The highest BCUT2D eigenvalue weighted by Crippen LogP contribution is 2.30. The van der Waals surface area contributed by atoms with Gasteiger partial charge in [0.25, 0.3) is 0 Å². The van der Waals surface area contributed by atoms with E-state index < -0.39 is 39.3 Å². The highest BCUT2D eigenvalue weighted by atomic mass is 35.5. The van der Waals surface area contributed by atoms with Crippen LogP contribution in [0, 0.1) is 0 Å². The molecule has 0 radical (unpaired) electrons. The summed E-state index contributed by atoms with van der Waals surface area (Å²) in [7, 11) is -3.27. The third-order valence-corrected chi connectivity index (χ3v) is 5.28. The number of amides is 1. The lowest BCUT2D eigenvalue weighted by Gasteiger charge is -2.06. The summed E-state index contributed by atoms with van der Waals surface area (Å²) in [6.45, 7) is 0. The number of rotatable bonds is 4. The van der Waals surface area contributed by atoms with Crippen molar-refractivity contribution in [1.82, 2.24) is 9.78 Å². The first-order chi connectivity index (χ1) is 14.7. The van der Waals surface area contributed by atoms with Crippen LogP contribution in [0.2, 0.25) is 5.02 Å². The number of hydrogen-bond acceptors (Lipinski definition) is 5. The van der Waals surface area contributed by atoms with Crippen LogP contribution in [0.4, 0.5) is 13.2 Å². The summed E-state index contributed by atoms with van der Waals surface area (Å²) < 4.78 is 60.4. The Labute approximate surface area is 185 Å². The molecule has 1 aromatic heterocycles. The van der Waals surface area contributed by atoms with Gasteiger partial charge in [-0.3, -0.25) is 4.79 Å². The van der Waals surface area contributed by atoms with Gasteiger partial charge in [0.2, 0.25) is 5.91 Å². The molecule has 8 nitrogen and oxygen atoms in total. The molecule has 170 valence electrons. The summed E-state index contributed by atoms with van der Waals surface area (Å²) in [5.74, 6) is -2.16. The molecule has 0 saturated carbocycles. The van der Waals surface area contributed by atoms with Crippen LogP contribution in [0.25, 0.3) is 5.69 Å². The Kier molecular flexibility index (Phi) is 7.31. The number of nitrogens with two attached hydrogens (primary N) is 1. The second-order valence-electron chi connectivity index (χ2n) is 6.25. The molecule has 0 aliphatic rings. The standard InChI is InChI=1S/C11H6ClF3N2O2.C8H9NO3S/c12-6-3-1-2-4-7(6)17-8(10(18)19)5-9(16-17)11(13,14)15;1-13(11,12)7-4-2-3-6(5-7)8(9)10/h1-5H,(H,18,19);2-5H,1H3,(H2,9,10). The zero-order valence-electron chi connectivity index (χ0n) is 16.2. The van der Waals surface area contributed by atoms with Crippen LogP contribution in [0.5, 0.6) is 0 Å². The number of hydrogen-bond donors (Lipinski definition) is 2. The Bertz CT molecular complexity index is 1270. The first-order valence-electron chi connectivity index (χ1n) is 8.47. The summed E-state index contributed by atoms with van der Waals surface area (Å²) in [5.41, 5.74) is 3.36. The molecule has 32 heavy (non-hydrogen) atoms. The fraction of sp³-hybridized carbons (Fsp3) is 0.105. The SMILES string of the molecule is CS(=O)(=O)c1cccc(C(N)=O)c1.O=C(O)c1cc(C(F)(F)F)nn1-c1ccccc1Cl. The van der Waals surface area contributed by atoms with Gasteiger partial charge in [-0.2, -0.15) is 18.3 Å². The van der Waals surface area contributed by atoms with Crippen molar-refractivity contribution in [2.75, 3.05) is 6.26 Å². The molecule has 1 amide bonds. The number of carboxylic acids is 1. The summed E-state index contributed by atoms with van der Waals surface area (Å²) in [6, 6.07) is 12.0. The highest BCUT2D eigenvalue weighted by molar-refractivity contribution is 7.90. The molecule has 0 fully saturated rings. The number of primary amides is 1. The largest absolute Gasteiger partial charge is 0.477 e. The fourth-order valence-corrected chi connectivity index (χ4v) is 3.24. The molecule has 0 unspecified atom stereocenters. The van der Waals surface area contributed by atoms with E-state index in [9.17, 15) is 31.2 Å². The van der Waals surface area contributed by atoms with E-state index in [-0.39, 0.29) is 21.2 Å². The van der Waals surface area contributed by atoms with Gasteiger partial charge in [-0.1, -0.05) is 29.8 Å². The van der Waals surface area contributed by atoms with Crippen molar-refractivity contribution >= 4 is 33.3 Å². The second-order valence-corrected chi connectivity index (χ2v) is 8.67. The summed E-state index contributed by atoms with van der Waals surface area (Å²) in [5, 5.41) is 12.3. The maximum Gasteiger partial charge on any atom is 0.435 e. The molecular weight excluding hydrogens is 475 g/mol. The van der Waals surface area contributed by atoms with Crippen LogP contribution in [-0.2, 0) is 16.0 Å². The number of aromatic carboxylic acids is 1. The molecule has 0 bridgehead atoms. The Hall–Kier alpha value is -3.38. The lowest BCUT2D eigenvalue weighted by atomic mass is 10.2. The summed E-state index contributed by atoms with van der Waals surface area (Å²) >= 11 is 5.82. The van der Waals surface area contributed by atoms with Gasteiger partial charge in [0, 0.05) is 17.9 Å². The van der Waals surface area contributed by atoms with Gasteiger partial charge in [0.1, 0.15) is 0 Å². The summed E-state index contributed by atoms with van der Waals surface area (Å²) in [4.78, 5) is 21.8. The van der Waals surface area contributed by atoms with E-state index in [0.29, 0.717) is 10.7 Å². The Balaban J connectivity index is 0.000000244. The van der Waals surface area contributed by atoms with Crippen molar-refractivity contribution in [1.29, 1.82) is 0 Å². The van der Waals surface area contributed by atoms with Crippen molar-refractivity contribution in [2.24, 2.45) is 5.73 Å². The molecule has 3 aromatic rings. The van der Waals surface area contributed by atoms with Crippen LogP contribution >= 0.6 is 11.6 Å². The molecular formula is C19H15ClF3N3O5S.